The first-order valence-corrected chi connectivity index (χ1v) is 8.17. The molecule has 0 radical (unpaired) electrons. The average molecular weight is 399 g/mol. The summed E-state index contributed by atoms with van der Waals surface area (Å²) in [5.74, 6) is 0.196. The van der Waals surface area contributed by atoms with Crippen molar-refractivity contribution in [2.45, 2.75) is 12.7 Å². The Morgan fingerprint density at radius 2 is 1.93 bits per heavy atom. The van der Waals surface area contributed by atoms with Crippen molar-refractivity contribution in [1.29, 1.82) is 0 Å². The van der Waals surface area contributed by atoms with Gasteiger partial charge >= 0.3 is 6.18 Å². The summed E-state index contributed by atoms with van der Waals surface area (Å²) in [7, 11) is 1.49. The summed E-state index contributed by atoms with van der Waals surface area (Å²) >= 11 is 5.99. The molecule has 0 fully saturated rings. The highest BCUT2D eigenvalue weighted by atomic mass is 35.5. The van der Waals surface area contributed by atoms with E-state index >= 15 is 0 Å². The smallest absolute Gasteiger partial charge is 0.416 e. The molecule has 0 spiro atoms. The molecule has 3 rings (SSSR count). The summed E-state index contributed by atoms with van der Waals surface area (Å²) in [6.45, 7) is -0.196. The number of amides is 1. The normalized spacial score (nSPS) is 14.6. The Bertz CT molecular complexity index is 882. The van der Waals surface area contributed by atoms with Crippen molar-refractivity contribution >= 4 is 23.4 Å². The van der Waals surface area contributed by atoms with E-state index in [2.05, 4.69) is 5.10 Å². The van der Waals surface area contributed by atoms with E-state index in [1.54, 1.807) is 18.2 Å². The van der Waals surface area contributed by atoms with Crippen molar-refractivity contribution in [1.82, 2.24) is 5.01 Å². The molecular weight excluding hydrogens is 385 g/mol. The Morgan fingerprint density at radius 3 is 2.56 bits per heavy atom. The highest BCUT2D eigenvalue weighted by Crippen LogP contribution is 2.29. The standard InChI is InChI=1S/C18H14ClF3N2O3/c1-26-15-7-6-14(19)8-12(15)9-24-16(25)10-27-17(23-24)11-2-4-13(5-3-11)18(20,21)22/h2-8H,9-10H2,1H3. The molecule has 5 nitrogen and oxygen atoms in total. The van der Waals surface area contributed by atoms with E-state index < -0.39 is 17.6 Å². The summed E-state index contributed by atoms with van der Waals surface area (Å²) in [5, 5.41) is 5.77. The molecule has 0 atom stereocenters. The van der Waals surface area contributed by atoms with Crippen LogP contribution >= 0.6 is 11.6 Å². The molecule has 0 bridgehead atoms. The van der Waals surface area contributed by atoms with Crippen LogP contribution in [0.5, 0.6) is 5.75 Å². The van der Waals surface area contributed by atoms with Gasteiger partial charge in [0.05, 0.1) is 19.2 Å². The van der Waals surface area contributed by atoms with Crippen LogP contribution < -0.4 is 4.74 Å². The van der Waals surface area contributed by atoms with Gasteiger partial charge in [0, 0.05) is 16.1 Å². The third-order valence-corrected chi connectivity index (χ3v) is 4.09. The van der Waals surface area contributed by atoms with Crippen molar-refractivity contribution in [3.05, 3.63) is 64.2 Å². The second kappa shape index (κ2) is 7.48. The van der Waals surface area contributed by atoms with Crippen LogP contribution in [0.3, 0.4) is 0 Å². The molecule has 1 heterocycles. The molecule has 1 amide bonds. The minimum atomic E-state index is -4.43. The molecule has 9 heteroatoms. The lowest BCUT2D eigenvalue weighted by molar-refractivity contribution is -0.137. The predicted octanol–water partition coefficient (Wildman–Crippen LogP) is 4.09. The Labute approximate surface area is 157 Å². The minimum absolute atomic E-state index is 0.0596. The number of halogens is 4. The van der Waals surface area contributed by atoms with Crippen LogP contribution in [0, 0.1) is 0 Å². The van der Waals surface area contributed by atoms with E-state index in [1.807, 2.05) is 0 Å². The van der Waals surface area contributed by atoms with Crippen molar-refractivity contribution in [2.75, 3.05) is 13.7 Å². The zero-order chi connectivity index (χ0) is 19.6. The first kappa shape index (κ1) is 19.0. The van der Waals surface area contributed by atoms with E-state index in [9.17, 15) is 18.0 Å². The van der Waals surface area contributed by atoms with E-state index in [0.717, 1.165) is 12.1 Å². The number of hydrazone groups is 1. The van der Waals surface area contributed by atoms with Crippen molar-refractivity contribution in [2.24, 2.45) is 5.10 Å². The van der Waals surface area contributed by atoms with E-state index in [1.165, 1.54) is 24.3 Å². The predicted molar refractivity (Wildman–Crippen MR) is 92.5 cm³/mol. The van der Waals surface area contributed by atoms with Crippen LogP contribution in [-0.4, -0.2) is 30.5 Å². The van der Waals surface area contributed by atoms with Gasteiger partial charge in [-0.1, -0.05) is 11.6 Å². The molecular formula is C18H14ClF3N2O3. The van der Waals surface area contributed by atoms with Crippen LogP contribution in [0.1, 0.15) is 16.7 Å². The average Bonchev–Trinajstić information content (AvgIpc) is 2.63. The summed E-state index contributed by atoms with van der Waals surface area (Å²) in [6, 6.07) is 9.33. The maximum absolute atomic E-state index is 12.7. The molecule has 142 valence electrons. The number of methoxy groups -OCH3 is 1. The fourth-order valence-electron chi connectivity index (χ4n) is 2.50. The van der Waals surface area contributed by atoms with E-state index in [0.29, 0.717) is 21.9 Å². The van der Waals surface area contributed by atoms with Gasteiger partial charge in [0.2, 0.25) is 5.90 Å². The first-order chi connectivity index (χ1) is 12.8. The minimum Gasteiger partial charge on any atom is -0.496 e. The Kier molecular flexibility index (Phi) is 5.27. The highest BCUT2D eigenvalue weighted by Gasteiger charge is 2.30. The maximum Gasteiger partial charge on any atom is 0.416 e. The molecule has 0 saturated carbocycles. The van der Waals surface area contributed by atoms with Gasteiger partial charge in [-0.3, -0.25) is 4.79 Å². The molecule has 1 aliphatic heterocycles. The number of carbonyl (C=O) groups is 1. The van der Waals surface area contributed by atoms with Gasteiger partial charge in [-0.05, 0) is 42.5 Å². The van der Waals surface area contributed by atoms with Gasteiger partial charge in [-0.2, -0.15) is 13.2 Å². The number of hydrogen-bond donors (Lipinski definition) is 0. The van der Waals surface area contributed by atoms with Crippen molar-refractivity contribution in [3.63, 3.8) is 0 Å². The van der Waals surface area contributed by atoms with Crippen LogP contribution in [0.25, 0.3) is 0 Å². The second-order valence-electron chi connectivity index (χ2n) is 5.68. The van der Waals surface area contributed by atoms with Gasteiger partial charge in [0.25, 0.3) is 5.91 Å². The van der Waals surface area contributed by atoms with Crippen molar-refractivity contribution < 1.29 is 27.4 Å². The van der Waals surface area contributed by atoms with Gasteiger partial charge < -0.3 is 9.47 Å². The Morgan fingerprint density at radius 1 is 1.22 bits per heavy atom. The molecule has 0 unspecified atom stereocenters. The maximum atomic E-state index is 12.7. The Balaban J connectivity index is 1.87. The zero-order valence-corrected chi connectivity index (χ0v) is 14.8. The molecule has 2 aromatic rings. The Hall–Kier alpha value is -2.74. The molecule has 0 N–H and O–H groups in total. The van der Waals surface area contributed by atoms with Crippen molar-refractivity contribution in [3.8, 4) is 5.75 Å². The summed E-state index contributed by atoms with van der Waals surface area (Å²) in [5.41, 5.74) is 0.189. The third-order valence-electron chi connectivity index (χ3n) is 3.85. The fraction of sp³-hybridized carbons (Fsp3) is 0.222. The monoisotopic (exact) mass is 398 g/mol. The quantitative estimate of drug-likeness (QED) is 0.779. The summed E-state index contributed by atoms with van der Waals surface area (Å²) in [4.78, 5) is 12.1. The largest absolute Gasteiger partial charge is 0.496 e. The molecule has 0 aromatic heterocycles. The SMILES string of the molecule is COc1ccc(Cl)cc1CN1N=C(c2ccc(C(F)(F)F)cc2)OCC1=O. The van der Waals surface area contributed by atoms with Gasteiger partial charge in [0.15, 0.2) is 6.61 Å². The van der Waals surface area contributed by atoms with Gasteiger partial charge in [-0.25, -0.2) is 5.01 Å². The number of nitrogens with zero attached hydrogens (tertiary/aromatic N) is 2. The fourth-order valence-corrected chi connectivity index (χ4v) is 2.69. The van der Waals surface area contributed by atoms with Crippen LogP contribution in [0.15, 0.2) is 47.6 Å². The topological polar surface area (TPSA) is 51.1 Å². The first-order valence-electron chi connectivity index (χ1n) is 7.80. The number of ether oxygens (including phenoxy) is 2. The van der Waals surface area contributed by atoms with E-state index in [-0.39, 0.29) is 19.0 Å². The van der Waals surface area contributed by atoms with E-state index in [4.69, 9.17) is 21.1 Å². The van der Waals surface area contributed by atoms with Crippen LogP contribution in [0.4, 0.5) is 13.2 Å². The lowest BCUT2D eigenvalue weighted by Gasteiger charge is -2.24. The second-order valence-corrected chi connectivity index (χ2v) is 6.11. The highest BCUT2D eigenvalue weighted by molar-refractivity contribution is 6.30. The van der Waals surface area contributed by atoms with Gasteiger partial charge in [0.1, 0.15) is 5.75 Å². The summed E-state index contributed by atoms with van der Waals surface area (Å²) < 4.78 is 48.6. The molecule has 0 aliphatic carbocycles. The third kappa shape index (κ3) is 4.33. The molecule has 2 aromatic carbocycles. The lowest BCUT2D eigenvalue weighted by atomic mass is 10.1. The van der Waals surface area contributed by atoms with Gasteiger partial charge in [-0.15, -0.1) is 5.10 Å². The molecule has 0 saturated heterocycles. The summed E-state index contributed by atoms with van der Waals surface area (Å²) in [6.07, 6.45) is -4.43. The number of carbonyl (C=O) groups excluding carboxylic acids is 1. The van der Waals surface area contributed by atoms with Crippen LogP contribution in [-0.2, 0) is 22.3 Å². The molecule has 1 aliphatic rings. The molecule has 27 heavy (non-hydrogen) atoms. The zero-order valence-electron chi connectivity index (χ0n) is 14.1. The number of benzene rings is 2. The number of alkyl halides is 3. The number of hydrogen-bond acceptors (Lipinski definition) is 4. The number of rotatable bonds is 4. The van der Waals surface area contributed by atoms with Crippen LogP contribution in [0.2, 0.25) is 5.02 Å². The lowest BCUT2D eigenvalue weighted by Crippen LogP contribution is -2.36.